The molecule has 2 N–H and O–H groups in total. The van der Waals surface area contributed by atoms with Gasteiger partial charge >= 0.3 is 0 Å². The quantitative estimate of drug-likeness (QED) is 0.701. The van der Waals surface area contributed by atoms with Crippen molar-refractivity contribution in [2.75, 3.05) is 20.2 Å². The van der Waals surface area contributed by atoms with Gasteiger partial charge in [-0.15, -0.1) is 0 Å². The molecule has 2 atom stereocenters. The van der Waals surface area contributed by atoms with Crippen LogP contribution < -0.4 is 10.6 Å². The molecule has 88 valence electrons. The van der Waals surface area contributed by atoms with Crippen molar-refractivity contribution in [2.24, 2.45) is 5.41 Å². The van der Waals surface area contributed by atoms with Gasteiger partial charge in [-0.05, 0) is 13.3 Å². The molecular weight excluding hydrogens is 192 g/mol. The summed E-state index contributed by atoms with van der Waals surface area (Å²) in [6.45, 7) is 7.35. The van der Waals surface area contributed by atoms with E-state index in [-0.39, 0.29) is 11.3 Å². The summed E-state index contributed by atoms with van der Waals surface area (Å²) in [5.41, 5.74) is 0.126. The molecule has 0 heterocycles. The van der Waals surface area contributed by atoms with Crippen LogP contribution in [0.3, 0.4) is 0 Å². The number of carbonyl (C=O) groups excluding carboxylic acids is 1. The highest BCUT2D eigenvalue weighted by atomic mass is 16.5. The van der Waals surface area contributed by atoms with Gasteiger partial charge in [0.2, 0.25) is 5.91 Å². The van der Waals surface area contributed by atoms with Gasteiger partial charge in [0.25, 0.3) is 0 Å². The maximum Gasteiger partial charge on any atom is 0.233 e. The van der Waals surface area contributed by atoms with Gasteiger partial charge in [0, 0.05) is 25.1 Å². The fraction of sp³-hybridized carbons (Fsp3) is 0.909. The summed E-state index contributed by atoms with van der Waals surface area (Å²) in [7, 11) is 1.74. The van der Waals surface area contributed by atoms with E-state index in [1.54, 1.807) is 7.11 Å². The molecule has 1 aliphatic rings. The van der Waals surface area contributed by atoms with Gasteiger partial charge in [-0.3, -0.25) is 4.79 Å². The summed E-state index contributed by atoms with van der Waals surface area (Å²) in [6, 6.07) is 0.380. The Morgan fingerprint density at radius 2 is 2.20 bits per heavy atom. The number of methoxy groups -OCH3 is 1. The lowest BCUT2D eigenvalue weighted by Gasteiger charge is -2.51. The monoisotopic (exact) mass is 214 g/mol. The van der Waals surface area contributed by atoms with Crippen LogP contribution in [-0.2, 0) is 9.53 Å². The normalized spacial score (nSPS) is 28.3. The first-order valence-corrected chi connectivity index (χ1v) is 5.55. The van der Waals surface area contributed by atoms with E-state index in [0.717, 1.165) is 6.42 Å². The second-order valence-electron chi connectivity index (χ2n) is 4.67. The molecule has 4 nitrogen and oxygen atoms in total. The predicted molar refractivity (Wildman–Crippen MR) is 59.7 cm³/mol. The molecule has 0 aliphatic heterocycles. The molecule has 0 aromatic carbocycles. The summed E-state index contributed by atoms with van der Waals surface area (Å²) in [5, 5.41) is 6.04. The van der Waals surface area contributed by atoms with Crippen LogP contribution in [0.25, 0.3) is 0 Å². The van der Waals surface area contributed by atoms with Crippen LogP contribution in [0.4, 0.5) is 0 Å². The van der Waals surface area contributed by atoms with Crippen LogP contribution in [-0.4, -0.2) is 38.3 Å². The molecule has 0 spiro atoms. The highest BCUT2D eigenvalue weighted by molar-refractivity contribution is 5.77. The number of rotatable bonds is 5. The maximum absolute atomic E-state index is 11.2. The largest absolute Gasteiger partial charge is 0.381 e. The van der Waals surface area contributed by atoms with E-state index < -0.39 is 0 Å². The molecule has 0 saturated heterocycles. The first-order chi connectivity index (χ1) is 7.02. The zero-order chi connectivity index (χ0) is 11.5. The molecule has 0 bridgehead atoms. The van der Waals surface area contributed by atoms with Crippen molar-refractivity contribution in [3.8, 4) is 0 Å². The first kappa shape index (κ1) is 12.5. The minimum Gasteiger partial charge on any atom is -0.381 e. The Labute approximate surface area is 91.8 Å². The number of hydrogen-bond acceptors (Lipinski definition) is 3. The minimum atomic E-state index is 0.0640. The maximum atomic E-state index is 11.2. The smallest absolute Gasteiger partial charge is 0.233 e. The Morgan fingerprint density at radius 3 is 2.67 bits per heavy atom. The van der Waals surface area contributed by atoms with Crippen LogP contribution in [0.15, 0.2) is 0 Å². The van der Waals surface area contributed by atoms with E-state index in [2.05, 4.69) is 24.5 Å². The molecule has 4 heteroatoms. The summed E-state index contributed by atoms with van der Waals surface area (Å²) in [6.07, 6.45) is 1.30. The Hall–Kier alpha value is -0.610. The lowest BCUT2D eigenvalue weighted by molar-refractivity contribution is -0.123. The third-order valence-corrected chi connectivity index (χ3v) is 3.35. The molecule has 0 radical (unpaired) electrons. The second kappa shape index (κ2) is 4.94. The third-order valence-electron chi connectivity index (χ3n) is 3.35. The van der Waals surface area contributed by atoms with Crippen molar-refractivity contribution in [1.29, 1.82) is 0 Å². The SMILES string of the molecule is CCNC(=O)CNC1CC(OC)C1(C)C. The fourth-order valence-corrected chi connectivity index (χ4v) is 2.11. The highest BCUT2D eigenvalue weighted by Crippen LogP contribution is 2.42. The van der Waals surface area contributed by atoms with Gasteiger partial charge in [0.1, 0.15) is 0 Å². The van der Waals surface area contributed by atoms with E-state index >= 15 is 0 Å². The molecular formula is C11H22N2O2. The highest BCUT2D eigenvalue weighted by Gasteiger charge is 2.48. The van der Waals surface area contributed by atoms with Crippen molar-refractivity contribution in [3.05, 3.63) is 0 Å². The van der Waals surface area contributed by atoms with Crippen LogP contribution in [0, 0.1) is 5.41 Å². The van der Waals surface area contributed by atoms with Crippen molar-refractivity contribution >= 4 is 5.91 Å². The minimum absolute atomic E-state index is 0.0640. The lowest BCUT2D eigenvalue weighted by Crippen LogP contribution is -2.61. The summed E-state index contributed by atoms with van der Waals surface area (Å²) < 4.78 is 5.35. The van der Waals surface area contributed by atoms with Gasteiger partial charge in [-0.2, -0.15) is 0 Å². The van der Waals surface area contributed by atoms with Crippen LogP contribution >= 0.6 is 0 Å². The van der Waals surface area contributed by atoms with Gasteiger partial charge in [0.05, 0.1) is 12.6 Å². The Balaban J connectivity index is 2.27. The summed E-state index contributed by atoms with van der Waals surface area (Å²) >= 11 is 0. The van der Waals surface area contributed by atoms with E-state index in [9.17, 15) is 4.79 Å². The van der Waals surface area contributed by atoms with Crippen molar-refractivity contribution in [3.63, 3.8) is 0 Å². The van der Waals surface area contributed by atoms with Crippen molar-refractivity contribution in [2.45, 2.75) is 39.3 Å². The Kier molecular flexibility index (Phi) is 4.11. The van der Waals surface area contributed by atoms with Gasteiger partial charge in [-0.1, -0.05) is 13.8 Å². The molecule has 0 aromatic heterocycles. The second-order valence-corrected chi connectivity index (χ2v) is 4.67. The average molecular weight is 214 g/mol. The third kappa shape index (κ3) is 2.69. The Bertz CT molecular complexity index is 229. The summed E-state index contributed by atoms with van der Waals surface area (Å²) in [4.78, 5) is 11.2. The number of carbonyl (C=O) groups is 1. The number of ether oxygens (including phenoxy) is 1. The zero-order valence-corrected chi connectivity index (χ0v) is 10.1. The molecule has 0 aromatic rings. The van der Waals surface area contributed by atoms with Crippen LogP contribution in [0.5, 0.6) is 0 Å². The zero-order valence-electron chi connectivity index (χ0n) is 10.1. The molecule has 1 saturated carbocycles. The predicted octanol–water partition coefficient (Wildman–Crippen LogP) is 0.526. The number of likely N-dealkylation sites (N-methyl/N-ethyl adjacent to an activating group) is 1. The molecule has 1 rings (SSSR count). The molecule has 1 amide bonds. The standard InChI is InChI=1S/C11H22N2O2/c1-5-12-10(14)7-13-8-6-9(15-4)11(8,2)3/h8-9,13H,5-7H2,1-4H3,(H,12,14). The van der Waals surface area contributed by atoms with Gasteiger partial charge < -0.3 is 15.4 Å². The van der Waals surface area contributed by atoms with E-state index in [1.165, 1.54) is 0 Å². The van der Waals surface area contributed by atoms with Crippen LogP contribution in [0.2, 0.25) is 0 Å². The molecule has 2 unspecified atom stereocenters. The lowest BCUT2D eigenvalue weighted by atomic mass is 9.64. The van der Waals surface area contributed by atoms with E-state index in [0.29, 0.717) is 25.2 Å². The fourth-order valence-electron chi connectivity index (χ4n) is 2.11. The summed E-state index contributed by atoms with van der Waals surface area (Å²) in [5.74, 6) is 0.0640. The topological polar surface area (TPSA) is 50.4 Å². The van der Waals surface area contributed by atoms with E-state index in [4.69, 9.17) is 4.74 Å². The average Bonchev–Trinajstić information content (AvgIpc) is 2.17. The van der Waals surface area contributed by atoms with Gasteiger partial charge in [0.15, 0.2) is 0 Å². The molecule has 1 aliphatic carbocycles. The molecule has 15 heavy (non-hydrogen) atoms. The molecule has 1 fully saturated rings. The van der Waals surface area contributed by atoms with Gasteiger partial charge in [-0.25, -0.2) is 0 Å². The number of nitrogens with one attached hydrogen (secondary N) is 2. The Morgan fingerprint density at radius 1 is 1.53 bits per heavy atom. The first-order valence-electron chi connectivity index (χ1n) is 5.55. The van der Waals surface area contributed by atoms with Crippen molar-refractivity contribution in [1.82, 2.24) is 10.6 Å². The number of hydrogen-bond donors (Lipinski definition) is 2. The van der Waals surface area contributed by atoms with Crippen molar-refractivity contribution < 1.29 is 9.53 Å². The van der Waals surface area contributed by atoms with Crippen LogP contribution in [0.1, 0.15) is 27.2 Å². The number of amides is 1. The van der Waals surface area contributed by atoms with E-state index in [1.807, 2.05) is 6.92 Å².